The fourth-order valence-electron chi connectivity index (χ4n) is 7.41. The van der Waals surface area contributed by atoms with Gasteiger partial charge in [0, 0.05) is 6.92 Å². The molecule has 17 unspecified atom stereocenters. The largest absolute Gasteiger partial charge is 0.394 e. The molecule has 19 nitrogen and oxygen atoms in total. The van der Waals surface area contributed by atoms with Crippen molar-refractivity contribution in [1.29, 1.82) is 0 Å². The molecular weight excluding hydrogens is 794 g/mol. The Balaban J connectivity index is 1.48. The van der Waals surface area contributed by atoms with E-state index in [9.17, 15) is 61.0 Å². The first-order chi connectivity index (χ1) is 28.8. The molecule has 17 atom stereocenters. The van der Waals surface area contributed by atoms with Crippen molar-refractivity contribution in [2.75, 3.05) is 26.4 Å². The number of rotatable bonds is 27. The molecule has 1 amide bonds. The van der Waals surface area contributed by atoms with Gasteiger partial charge in [0.2, 0.25) is 5.91 Å². The number of unbranched alkanes of at least 4 members (excludes halogenated alkanes) is 11. The number of nitrogens with one attached hydrogen (secondary N) is 1. The summed E-state index contributed by atoms with van der Waals surface area (Å²) in [6, 6.07) is -0.985. The lowest BCUT2D eigenvalue weighted by Gasteiger charge is -2.48. The summed E-state index contributed by atoms with van der Waals surface area (Å²) >= 11 is 0. The zero-order valence-electron chi connectivity index (χ0n) is 34.9. The predicted molar refractivity (Wildman–Crippen MR) is 213 cm³/mol. The van der Waals surface area contributed by atoms with E-state index < -0.39 is 130 Å². The minimum atomic E-state index is -1.97. The summed E-state index contributed by atoms with van der Waals surface area (Å²) in [5.41, 5.74) is 0. The minimum Gasteiger partial charge on any atom is -0.394 e. The van der Waals surface area contributed by atoms with Crippen molar-refractivity contribution in [2.24, 2.45) is 0 Å². The molecule has 3 rings (SSSR count). The van der Waals surface area contributed by atoms with E-state index in [1.807, 2.05) is 0 Å². The molecule has 0 radical (unpaired) electrons. The highest BCUT2D eigenvalue weighted by molar-refractivity contribution is 5.73. The number of carbonyl (C=O) groups excluding carboxylic acids is 1. The summed E-state index contributed by atoms with van der Waals surface area (Å²) < 4.78 is 33.5. The van der Waals surface area contributed by atoms with Crippen LogP contribution in [0.2, 0.25) is 0 Å². The predicted octanol–water partition coefficient (Wildman–Crippen LogP) is -1.48. The SMILES string of the molecule is CCCCCCCCCCCC/C=C/CC/C=C/C(O)C(COC1OC(CO)C(OC2OC(CO)C(OC3OC(CO)C(O)C(O)C3O)C(O)C2O)C(O)C1O)NC(C)=O. The van der Waals surface area contributed by atoms with Crippen LogP contribution in [-0.4, -0.2) is 193 Å². The van der Waals surface area contributed by atoms with Gasteiger partial charge >= 0.3 is 0 Å². The van der Waals surface area contributed by atoms with Crippen LogP contribution >= 0.6 is 0 Å². The molecule has 0 spiro atoms. The zero-order valence-corrected chi connectivity index (χ0v) is 34.9. The van der Waals surface area contributed by atoms with Crippen LogP contribution in [-0.2, 0) is 33.2 Å². The molecule has 0 aromatic heterocycles. The van der Waals surface area contributed by atoms with Crippen LogP contribution in [0.1, 0.15) is 97.3 Å². The highest BCUT2D eigenvalue weighted by Crippen LogP contribution is 2.32. The second-order valence-corrected chi connectivity index (χ2v) is 15.9. The van der Waals surface area contributed by atoms with Crippen molar-refractivity contribution in [2.45, 2.75) is 202 Å². The molecule has 0 bridgehead atoms. The second kappa shape index (κ2) is 28.1. The van der Waals surface area contributed by atoms with E-state index in [2.05, 4.69) is 24.4 Å². The third-order valence-corrected chi connectivity index (χ3v) is 11.0. The van der Waals surface area contributed by atoms with E-state index >= 15 is 0 Å². The van der Waals surface area contributed by atoms with Gasteiger partial charge in [0.05, 0.1) is 38.6 Å². The number of ether oxygens (including phenoxy) is 6. The van der Waals surface area contributed by atoms with Crippen LogP contribution in [0.5, 0.6) is 0 Å². The van der Waals surface area contributed by atoms with Crippen molar-refractivity contribution >= 4 is 5.91 Å². The summed E-state index contributed by atoms with van der Waals surface area (Å²) in [7, 11) is 0. The molecular formula is C41H73NO18. The van der Waals surface area contributed by atoms with Crippen LogP contribution < -0.4 is 5.32 Å². The topological polar surface area (TPSA) is 307 Å². The van der Waals surface area contributed by atoms with Crippen LogP contribution in [0.15, 0.2) is 24.3 Å². The van der Waals surface area contributed by atoms with Crippen molar-refractivity contribution in [1.82, 2.24) is 5.32 Å². The summed E-state index contributed by atoms with van der Waals surface area (Å²) in [6.45, 7) is 0.677. The Kier molecular flexibility index (Phi) is 24.7. The molecule has 0 aromatic rings. The van der Waals surface area contributed by atoms with Gasteiger partial charge in [0.15, 0.2) is 18.9 Å². The fourth-order valence-corrected chi connectivity index (χ4v) is 7.41. The first-order valence-electron chi connectivity index (χ1n) is 21.5. The lowest BCUT2D eigenvalue weighted by molar-refractivity contribution is -0.379. The molecule has 12 N–H and O–H groups in total. The van der Waals surface area contributed by atoms with Gasteiger partial charge in [-0.3, -0.25) is 4.79 Å². The number of aliphatic hydroxyl groups is 11. The molecule has 3 aliphatic heterocycles. The average Bonchev–Trinajstić information content (AvgIpc) is 3.23. The molecule has 3 aliphatic rings. The third kappa shape index (κ3) is 16.1. The van der Waals surface area contributed by atoms with E-state index in [1.165, 1.54) is 70.8 Å². The molecule has 0 aromatic carbocycles. The van der Waals surface area contributed by atoms with Crippen molar-refractivity contribution in [3.05, 3.63) is 24.3 Å². The van der Waals surface area contributed by atoms with Gasteiger partial charge in [-0.1, -0.05) is 89.0 Å². The molecule has 3 heterocycles. The van der Waals surface area contributed by atoms with Crippen LogP contribution in [0.3, 0.4) is 0 Å². The van der Waals surface area contributed by atoms with Crippen molar-refractivity contribution < 1.29 is 89.4 Å². The van der Waals surface area contributed by atoms with Gasteiger partial charge in [-0.15, -0.1) is 0 Å². The van der Waals surface area contributed by atoms with Crippen LogP contribution in [0.4, 0.5) is 0 Å². The standard InChI is InChI=1S/C41H73NO18/c1-3-4-5-6-7-8-9-10-11-12-13-14-15-16-17-18-19-26(47)25(42-24(2)46)23-55-39-35(53)32(50)37(28(21-44)57-39)60-41-36(54)33(51)38(29(22-45)58-41)59-40-34(52)31(49)30(48)27(20-43)56-40/h14-15,18-19,25-41,43-45,47-54H,3-13,16-17,20-23H2,1-2H3,(H,42,46)/b15-14+,19-18+. The van der Waals surface area contributed by atoms with Gasteiger partial charge in [0.25, 0.3) is 0 Å². The molecule has 3 fully saturated rings. The van der Waals surface area contributed by atoms with Crippen LogP contribution in [0, 0.1) is 0 Å². The molecule has 3 saturated heterocycles. The lowest BCUT2D eigenvalue weighted by Crippen LogP contribution is -2.66. The molecule has 0 aliphatic carbocycles. The Hall–Kier alpha value is -1.73. The maximum Gasteiger partial charge on any atom is 0.217 e. The normalized spacial score (nSPS) is 36.2. The number of carbonyl (C=O) groups is 1. The Bertz CT molecular complexity index is 1230. The minimum absolute atomic E-state index is 0.382. The Morgan fingerprint density at radius 2 is 1.03 bits per heavy atom. The van der Waals surface area contributed by atoms with E-state index in [0.717, 1.165) is 19.3 Å². The van der Waals surface area contributed by atoms with E-state index in [1.54, 1.807) is 6.08 Å². The summed E-state index contributed by atoms with van der Waals surface area (Å²) in [5.74, 6) is -0.465. The van der Waals surface area contributed by atoms with E-state index in [0.29, 0.717) is 6.42 Å². The van der Waals surface area contributed by atoms with Gasteiger partial charge in [-0.25, -0.2) is 0 Å². The first-order valence-corrected chi connectivity index (χ1v) is 21.5. The van der Waals surface area contributed by atoms with E-state index in [-0.39, 0.29) is 6.61 Å². The van der Waals surface area contributed by atoms with Crippen molar-refractivity contribution in [3.63, 3.8) is 0 Å². The molecule has 350 valence electrons. The molecule has 0 saturated carbocycles. The van der Waals surface area contributed by atoms with Gasteiger partial charge in [-0.2, -0.15) is 0 Å². The maximum absolute atomic E-state index is 12.0. The fraction of sp³-hybridized carbons (Fsp3) is 0.878. The number of hydrogen-bond acceptors (Lipinski definition) is 18. The summed E-state index contributed by atoms with van der Waals surface area (Å²) in [6.07, 6.45) is -3.89. The highest BCUT2D eigenvalue weighted by atomic mass is 16.8. The maximum atomic E-state index is 12.0. The third-order valence-electron chi connectivity index (χ3n) is 11.0. The Morgan fingerprint density at radius 3 is 1.57 bits per heavy atom. The number of aliphatic hydroxyl groups excluding tert-OH is 11. The molecule has 19 heteroatoms. The van der Waals surface area contributed by atoms with Gasteiger partial charge < -0.3 is 89.9 Å². The molecule has 60 heavy (non-hydrogen) atoms. The van der Waals surface area contributed by atoms with Gasteiger partial charge in [0.1, 0.15) is 73.2 Å². The second-order valence-electron chi connectivity index (χ2n) is 15.9. The number of allylic oxidation sites excluding steroid dienone is 3. The Labute approximate surface area is 352 Å². The smallest absolute Gasteiger partial charge is 0.217 e. The monoisotopic (exact) mass is 867 g/mol. The zero-order chi connectivity index (χ0) is 44.2. The Morgan fingerprint density at radius 1 is 0.583 bits per heavy atom. The van der Waals surface area contributed by atoms with Crippen LogP contribution in [0.25, 0.3) is 0 Å². The number of hydrogen-bond donors (Lipinski definition) is 12. The highest BCUT2D eigenvalue weighted by Gasteiger charge is 2.53. The summed E-state index contributed by atoms with van der Waals surface area (Å²) in [4.78, 5) is 12.0. The average molecular weight is 868 g/mol. The lowest BCUT2D eigenvalue weighted by atomic mass is 9.96. The number of amides is 1. The van der Waals surface area contributed by atoms with Gasteiger partial charge in [-0.05, 0) is 25.7 Å². The first kappa shape index (κ1) is 52.6. The quantitative estimate of drug-likeness (QED) is 0.0331. The van der Waals surface area contributed by atoms with Crippen molar-refractivity contribution in [3.8, 4) is 0 Å². The van der Waals surface area contributed by atoms with E-state index in [4.69, 9.17) is 28.4 Å². The summed E-state index contributed by atoms with van der Waals surface area (Å²) in [5, 5.41) is 118.